The Labute approximate surface area is 190 Å². The highest BCUT2D eigenvalue weighted by Crippen LogP contribution is 2.22. The van der Waals surface area contributed by atoms with Crippen molar-refractivity contribution in [3.8, 4) is 0 Å². The zero-order valence-electron chi connectivity index (χ0n) is 17.6. The van der Waals surface area contributed by atoms with Crippen LogP contribution in [0.3, 0.4) is 0 Å². The van der Waals surface area contributed by atoms with Gasteiger partial charge in [-0.2, -0.15) is 0 Å². The number of aryl methyl sites for hydroxylation is 2. The van der Waals surface area contributed by atoms with Gasteiger partial charge in [-0.05, 0) is 54.8 Å². The molecule has 2 aromatic carbocycles. The number of aromatic nitrogens is 3. The Morgan fingerprint density at radius 3 is 2.52 bits per heavy atom. The minimum absolute atomic E-state index is 0.0876. The molecule has 8 heteroatoms. The summed E-state index contributed by atoms with van der Waals surface area (Å²) in [5.41, 5.74) is 4.07. The number of benzene rings is 2. The fourth-order valence-corrected chi connectivity index (χ4v) is 4.75. The van der Waals surface area contributed by atoms with Gasteiger partial charge in [0.1, 0.15) is 11.6 Å². The Balaban J connectivity index is 1.56. The van der Waals surface area contributed by atoms with Crippen molar-refractivity contribution >= 4 is 35.1 Å². The topological polar surface area (TPSA) is 59.8 Å². The van der Waals surface area contributed by atoms with Gasteiger partial charge in [0.05, 0.1) is 11.5 Å². The number of rotatable bonds is 10. The van der Waals surface area contributed by atoms with Gasteiger partial charge in [0.15, 0.2) is 5.16 Å². The Morgan fingerprint density at radius 1 is 1.13 bits per heavy atom. The molecule has 1 amide bonds. The summed E-state index contributed by atoms with van der Waals surface area (Å²) in [6.07, 6.45) is 1.79. The second-order valence-corrected chi connectivity index (χ2v) is 9.06. The van der Waals surface area contributed by atoms with Crippen molar-refractivity contribution in [2.24, 2.45) is 0 Å². The molecule has 0 aliphatic rings. The van der Waals surface area contributed by atoms with Gasteiger partial charge in [0, 0.05) is 18.0 Å². The molecule has 1 N–H and O–H groups in total. The van der Waals surface area contributed by atoms with Gasteiger partial charge in [-0.1, -0.05) is 36.0 Å². The Hall–Kier alpha value is -2.58. The van der Waals surface area contributed by atoms with Gasteiger partial charge < -0.3 is 9.88 Å². The summed E-state index contributed by atoms with van der Waals surface area (Å²) in [6.45, 7) is 8.39. The van der Waals surface area contributed by atoms with Gasteiger partial charge in [-0.25, -0.2) is 4.39 Å². The molecular weight excluding hydrogens is 431 g/mol. The molecule has 0 unspecified atom stereocenters. The van der Waals surface area contributed by atoms with Crippen LogP contribution >= 0.6 is 23.5 Å². The standard InChI is InChI=1S/C23H25FN4OS2/c1-4-9-28-21(14-30-13-18-5-7-19(24)8-6-18)26-27-23(28)31-15-22(29)25-20-11-16(2)10-17(3)12-20/h4-8,10-12H,1,9,13-15H2,2-3H3,(H,25,29). The van der Waals surface area contributed by atoms with E-state index in [-0.39, 0.29) is 17.5 Å². The summed E-state index contributed by atoms with van der Waals surface area (Å²) >= 11 is 3.03. The minimum atomic E-state index is -0.234. The zero-order valence-corrected chi connectivity index (χ0v) is 19.2. The third kappa shape index (κ3) is 6.97. The SMILES string of the molecule is C=CCn1c(CSCc2ccc(F)cc2)nnc1SCC(=O)Nc1cc(C)cc(C)c1. The summed E-state index contributed by atoms with van der Waals surface area (Å²) in [7, 11) is 0. The average molecular weight is 457 g/mol. The molecule has 3 rings (SSSR count). The third-order valence-corrected chi connectivity index (χ3v) is 6.32. The fourth-order valence-electron chi connectivity index (χ4n) is 3.06. The highest BCUT2D eigenvalue weighted by Gasteiger charge is 2.14. The van der Waals surface area contributed by atoms with E-state index in [0.29, 0.717) is 17.5 Å². The molecule has 5 nitrogen and oxygen atoms in total. The first kappa shape index (κ1) is 23.1. The predicted molar refractivity (Wildman–Crippen MR) is 127 cm³/mol. The number of carbonyl (C=O) groups is 1. The van der Waals surface area contributed by atoms with Gasteiger partial charge in [0.2, 0.25) is 5.91 Å². The molecular formula is C23H25FN4OS2. The summed E-state index contributed by atoms with van der Waals surface area (Å²) in [5.74, 6) is 2.16. The number of nitrogens with zero attached hydrogens (tertiary/aromatic N) is 3. The number of hydrogen-bond acceptors (Lipinski definition) is 5. The molecule has 1 aromatic heterocycles. The van der Waals surface area contributed by atoms with E-state index in [4.69, 9.17) is 0 Å². The Morgan fingerprint density at radius 2 is 1.84 bits per heavy atom. The van der Waals surface area contributed by atoms with Crippen LogP contribution in [-0.4, -0.2) is 26.4 Å². The second-order valence-electron chi connectivity index (χ2n) is 7.13. The van der Waals surface area contributed by atoms with Crippen LogP contribution in [0.1, 0.15) is 22.5 Å². The first-order chi connectivity index (χ1) is 14.9. The van der Waals surface area contributed by atoms with E-state index in [2.05, 4.69) is 28.2 Å². The lowest BCUT2D eigenvalue weighted by molar-refractivity contribution is -0.113. The van der Waals surface area contributed by atoms with Gasteiger partial charge in [0.25, 0.3) is 0 Å². The molecule has 0 fully saturated rings. The highest BCUT2D eigenvalue weighted by atomic mass is 32.2. The molecule has 3 aromatic rings. The van der Waals surface area contributed by atoms with Crippen LogP contribution in [0.25, 0.3) is 0 Å². The second kappa shape index (κ2) is 11.2. The number of amides is 1. The molecule has 0 saturated carbocycles. The Kier molecular flexibility index (Phi) is 8.31. The van der Waals surface area contributed by atoms with Crippen molar-refractivity contribution in [1.82, 2.24) is 14.8 Å². The van der Waals surface area contributed by atoms with E-state index >= 15 is 0 Å². The molecule has 31 heavy (non-hydrogen) atoms. The van der Waals surface area contributed by atoms with Crippen LogP contribution in [0.5, 0.6) is 0 Å². The molecule has 0 aliphatic carbocycles. The lowest BCUT2D eigenvalue weighted by Crippen LogP contribution is -2.15. The van der Waals surface area contributed by atoms with E-state index < -0.39 is 0 Å². The summed E-state index contributed by atoms with van der Waals surface area (Å²) in [5, 5.41) is 12.2. The molecule has 0 spiro atoms. The van der Waals surface area contributed by atoms with Crippen LogP contribution in [0.2, 0.25) is 0 Å². The van der Waals surface area contributed by atoms with E-state index in [1.807, 2.05) is 30.5 Å². The van der Waals surface area contributed by atoms with Gasteiger partial charge >= 0.3 is 0 Å². The van der Waals surface area contributed by atoms with E-state index in [1.54, 1.807) is 30.0 Å². The van der Waals surface area contributed by atoms with E-state index in [0.717, 1.165) is 34.0 Å². The van der Waals surface area contributed by atoms with Crippen molar-refractivity contribution in [3.05, 3.63) is 83.5 Å². The molecule has 162 valence electrons. The molecule has 0 atom stereocenters. The summed E-state index contributed by atoms with van der Waals surface area (Å²) < 4.78 is 15.0. The third-order valence-electron chi connectivity index (χ3n) is 4.36. The Bertz CT molecular complexity index is 1030. The number of allylic oxidation sites excluding steroid dienone is 1. The van der Waals surface area contributed by atoms with E-state index in [9.17, 15) is 9.18 Å². The lowest BCUT2D eigenvalue weighted by atomic mass is 10.1. The summed E-state index contributed by atoms with van der Waals surface area (Å²) in [4.78, 5) is 12.4. The maximum Gasteiger partial charge on any atom is 0.234 e. The van der Waals surface area contributed by atoms with Crippen LogP contribution in [0, 0.1) is 19.7 Å². The maximum atomic E-state index is 13.0. The van der Waals surface area contributed by atoms with Crippen molar-refractivity contribution in [2.75, 3.05) is 11.1 Å². The fraction of sp³-hybridized carbons (Fsp3) is 0.261. The molecule has 0 aliphatic heterocycles. The zero-order chi connectivity index (χ0) is 22.2. The van der Waals surface area contributed by atoms with Crippen molar-refractivity contribution in [3.63, 3.8) is 0 Å². The van der Waals surface area contributed by atoms with Crippen LogP contribution in [-0.2, 0) is 22.8 Å². The maximum absolute atomic E-state index is 13.0. The minimum Gasteiger partial charge on any atom is -0.325 e. The first-order valence-corrected chi connectivity index (χ1v) is 11.9. The van der Waals surface area contributed by atoms with Gasteiger partial charge in [-0.3, -0.25) is 4.79 Å². The summed E-state index contributed by atoms with van der Waals surface area (Å²) in [6, 6.07) is 12.5. The monoisotopic (exact) mass is 456 g/mol. The number of halogens is 1. The van der Waals surface area contributed by atoms with Gasteiger partial charge in [-0.15, -0.1) is 28.5 Å². The highest BCUT2D eigenvalue weighted by molar-refractivity contribution is 7.99. The number of nitrogens with one attached hydrogen (secondary N) is 1. The average Bonchev–Trinajstić information content (AvgIpc) is 3.09. The van der Waals surface area contributed by atoms with Crippen molar-refractivity contribution in [2.45, 2.75) is 37.1 Å². The molecule has 0 radical (unpaired) electrons. The lowest BCUT2D eigenvalue weighted by Gasteiger charge is -2.09. The first-order valence-electron chi connectivity index (χ1n) is 9.80. The number of thioether (sulfide) groups is 2. The number of anilines is 1. The quantitative estimate of drug-likeness (QED) is 0.328. The number of carbonyl (C=O) groups excluding carboxylic acids is 1. The molecule has 0 bridgehead atoms. The largest absolute Gasteiger partial charge is 0.325 e. The normalized spacial score (nSPS) is 10.8. The number of hydrogen-bond donors (Lipinski definition) is 1. The molecule has 1 heterocycles. The molecule has 0 saturated heterocycles. The van der Waals surface area contributed by atoms with Crippen molar-refractivity contribution in [1.29, 1.82) is 0 Å². The van der Waals surface area contributed by atoms with Crippen molar-refractivity contribution < 1.29 is 9.18 Å². The van der Waals surface area contributed by atoms with E-state index in [1.165, 1.54) is 23.9 Å². The van der Waals surface area contributed by atoms with Crippen LogP contribution < -0.4 is 5.32 Å². The van der Waals surface area contributed by atoms with Crippen LogP contribution in [0.15, 0.2) is 60.3 Å². The smallest absolute Gasteiger partial charge is 0.234 e. The van der Waals surface area contributed by atoms with Crippen LogP contribution in [0.4, 0.5) is 10.1 Å². The predicted octanol–water partition coefficient (Wildman–Crippen LogP) is 5.38.